The first kappa shape index (κ1) is 18.1. The predicted molar refractivity (Wildman–Crippen MR) is 84.0 cm³/mol. The molecule has 0 saturated carbocycles. The van der Waals surface area contributed by atoms with Gasteiger partial charge in [-0.25, -0.2) is 9.59 Å². The fraction of sp³-hybridized carbons (Fsp3) is 0.688. The van der Waals surface area contributed by atoms with E-state index >= 15 is 0 Å². The summed E-state index contributed by atoms with van der Waals surface area (Å²) in [7, 11) is 1.27. The van der Waals surface area contributed by atoms with Gasteiger partial charge in [-0.1, -0.05) is 0 Å². The zero-order valence-corrected chi connectivity index (χ0v) is 14.7. The SMILES string of the molecule is COC(=O)c1onc(OC[C@H]2CCCN2C(=O)OC(C)(C)C)c1C. The van der Waals surface area contributed by atoms with Crippen LogP contribution in [0.1, 0.15) is 49.7 Å². The van der Waals surface area contributed by atoms with E-state index in [4.69, 9.17) is 14.0 Å². The first-order valence-corrected chi connectivity index (χ1v) is 7.90. The molecule has 1 aliphatic heterocycles. The van der Waals surface area contributed by atoms with Gasteiger partial charge in [0, 0.05) is 6.54 Å². The highest BCUT2D eigenvalue weighted by molar-refractivity contribution is 5.88. The van der Waals surface area contributed by atoms with E-state index in [2.05, 4.69) is 9.89 Å². The number of amides is 1. The van der Waals surface area contributed by atoms with E-state index in [1.807, 2.05) is 20.8 Å². The Morgan fingerprint density at radius 3 is 2.71 bits per heavy atom. The Balaban J connectivity index is 1.97. The largest absolute Gasteiger partial charge is 0.473 e. The van der Waals surface area contributed by atoms with Gasteiger partial charge in [0.2, 0.25) is 0 Å². The average Bonchev–Trinajstić information content (AvgIpc) is 3.09. The lowest BCUT2D eigenvalue weighted by atomic mass is 10.2. The molecule has 2 rings (SSSR count). The van der Waals surface area contributed by atoms with E-state index < -0.39 is 11.6 Å². The zero-order chi connectivity index (χ0) is 17.9. The maximum Gasteiger partial charge on any atom is 0.410 e. The third-order valence-corrected chi connectivity index (χ3v) is 3.67. The number of esters is 1. The second kappa shape index (κ2) is 7.11. The van der Waals surface area contributed by atoms with Crippen LogP contribution in [-0.2, 0) is 9.47 Å². The minimum Gasteiger partial charge on any atom is -0.473 e. The van der Waals surface area contributed by atoms with Gasteiger partial charge in [0.15, 0.2) is 0 Å². The van der Waals surface area contributed by atoms with Crippen LogP contribution in [0.4, 0.5) is 4.79 Å². The van der Waals surface area contributed by atoms with Crippen LogP contribution < -0.4 is 4.74 Å². The molecular formula is C16H24N2O6. The van der Waals surface area contributed by atoms with Crippen molar-refractivity contribution in [3.8, 4) is 5.88 Å². The summed E-state index contributed by atoms with van der Waals surface area (Å²) in [5.41, 5.74) is -0.0629. The number of aromatic nitrogens is 1. The zero-order valence-electron chi connectivity index (χ0n) is 14.7. The fourth-order valence-corrected chi connectivity index (χ4v) is 2.48. The van der Waals surface area contributed by atoms with Crippen LogP contribution >= 0.6 is 0 Å². The number of rotatable bonds is 4. The standard InChI is InChI=1S/C16H24N2O6/c1-10-12(14(19)21-5)24-17-13(10)22-9-11-7-6-8-18(11)15(20)23-16(2,3)4/h11H,6-9H2,1-5H3/t11-/m1/s1. The van der Waals surface area contributed by atoms with E-state index in [1.165, 1.54) is 7.11 Å². The highest BCUT2D eigenvalue weighted by Gasteiger charge is 2.33. The summed E-state index contributed by atoms with van der Waals surface area (Å²) in [5, 5.41) is 3.74. The van der Waals surface area contributed by atoms with Crippen LogP contribution in [0.3, 0.4) is 0 Å². The Morgan fingerprint density at radius 2 is 2.08 bits per heavy atom. The van der Waals surface area contributed by atoms with Crippen LogP contribution in [0.15, 0.2) is 4.52 Å². The van der Waals surface area contributed by atoms with Crippen molar-refractivity contribution in [2.75, 3.05) is 20.3 Å². The summed E-state index contributed by atoms with van der Waals surface area (Å²) in [6, 6.07) is -0.0995. The van der Waals surface area contributed by atoms with Gasteiger partial charge in [-0.3, -0.25) is 0 Å². The minimum atomic E-state index is -0.605. The van der Waals surface area contributed by atoms with Gasteiger partial charge < -0.3 is 23.6 Å². The predicted octanol–water partition coefficient (Wildman–Crippen LogP) is 2.55. The van der Waals surface area contributed by atoms with Crippen LogP contribution in [0.5, 0.6) is 5.88 Å². The van der Waals surface area contributed by atoms with Crippen molar-refractivity contribution in [2.45, 2.75) is 52.2 Å². The van der Waals surface area contributed by atoms with Crippen LogP contribution in [0.2, 0.25) is 0 Å². The second-order valence-electron chi connectivity index (χ2n) is 6.71. The van der Waals surface area contributed by atoms with Gasteiger partial charge in [-0.2, -0.15) is 0 Å². The Kier molecular flexibility index (Phi) is 5.36. The Morgan fingerprint density at radius 1 is 1.38 bits per heavy atom. The van der Waals surface area contributed by atoms with Crippen molar-refractivity contribution < 1.29 is 28.3 Å². The molecule has 0 bridgehead atoms. The van der Waals surface area contributed by atoms with E-state index in [1.54, 1.807) is 11.8 Å². The molecule has 2 heterocycles. The Labute approximate surface area is 141 Å². The number of ether oxygens (including phenoxy) is 3. The number of hydrogen-bond acceptors (Lipinski definition) is 7. The lowest BCUT2D eigenvalue weighted by molar-refractivity contribution is 0.0184. The van der Waals surface area contributed by atoms with Crippen LogP contribution in [-0.4, -0.2) is 54.0 Å². The second-order valence-corrected chi connectivity index (χ2v) is 6.71. The number of nitrogens with zero attached hydrogens (tertiary/aromatic N) is 2. The summed E-state index contributed by atoms with van der Waals surface area (Å²) in [5.74, 6) is -0.361. The van der Waals surface area contributed by atoms with Crippen molar-refractivity contribution in [1.82, 2.24) is 10.1 Å². The van der Waals surface area contributed by atoms with Gasteiger partial charge >= 0.3 is 12.1 Å². The molecule has 0 N–H and O–H groups in total. The van der Waals surface area contributed by atoms with Gasteiger partial charge in [0.05, 0.1) is 18.7 Å². The molecule has 0 aromatic carbocycles. The number of carbonyl (C=O) groups is 2. The van der Waals surface area contributed by atoms with Crippen molar-refractivity contribution in [2.24, 2.45) is 0 Å². The monoisotopic (exact) mass is 340 g/mol. The molecule has 1 fully saturated rings. The molecule has 8 nitrogen and oxygen atoms in total. The number of carbonyl (C=O) groups excluding carboxylic acids is 2. The molecular weight excluding hydrogens is 316 g/mol. The third kappa shape index (κ3) is 4.18. The average molecular weight is 340 g/mol. The molecule has 24 heavy (non-hydrogen) atoms. The lowest BCUT2D eigenvalue weighted by Crippen LogP contribution is -2.42. The lowest BCUT2D eigenvalue weighted by Gasteiger charge is -2.28. The Bertz CT molecular complexity index is 604. The summed E-state index contributed by atoms with van der Waals surface area (Å²) in [6.45, 7) is 8.05. The van der Waals surface area contributed by atoms with Gasteiger partial charge in [-0.15, -0.1) is 0 Å². The van der Waals surface area contributed by atoms with E-state index in [0.29, 0.717) is 12.1 Å². The highest BCUT2D eigenvalue weighted by atomic mass is 16.6. The molecule has 0 radical (unpaired) electrons. The summed E-state index contributed by atoms with van der Waals surface area (Å²) >= 11 is 0. The van der Waals surface area contributed by atoms with E-state index in [9.17, 15) is 9.59 Å². The summed E-state index contributed by atoms with van der Waals surface area (Å²) in [6.07, 6.45) is 1.36. The molecule has 1 aromatic heterocycles. The molecule has 0 aliphatic carbocycles. The summed E-state index contributed by atoms with van der Waals surface area (Å²) < 4.78 is 20.6. The molecule has 1 atom stereocenters. The molecule has 1 aliphatic rings. The van der Waals surface area contributed by atoms with Crippen LogP contribution in [0, 0.1) is 6.92 Å². The fourth-order valence-electron chi connectivity index (χ4n) is 2.48. The molecule has 1 aromatic rings. The van der Waals surface area contributed by atoms with Crippen molar-refractivity contribution >= 4 is 12.1 Å². The number of hydrogen-bond donors (Lipinski definition) is 0. The number of likely N-dealkylation sites (tertiary alicyclic amines) is 1. The normalized spacial score (nSPS) is 17.7. The maximum atomic E-state index is 12.2. The molecule has 0 spiro atoms. The van der Waals surface area contributed by atoms with E-state index in [0.717, 1.165) is 12.8 Å². The highest BCUT2D eigenvalue weighted by Crippen LogP contribution is 2.24. The maximum absolute atomic E-state index is 12.2. The van der Waals surface area contributed by atoms with Crippen LogP contribution in [0.25, 0.3) is 0 Å². The van der Waals surface area contributed by atoms with Crippen molar-refractivity contribution in [3.63, 3.8) is 0 Å². The van der Waals surface area contributed by atoms with Gasteiger partial charge in [-0.05, 0) is 45.7 Å². The minimum absolute atomic E-state index is 0.0166. The van der Waals surface area contributed by atoms with E-state index in [-0.39, 0.29) is 30.4 Å². The Hall–Kier alpha value is -2.25. The molecule has 0 unspecified atom stereocenters. The molecule has 1 amide bonds. The smallest absolute Gasteiger partial charge is 0.410 e. The molecule has 8 heteroatoms. The first-order valence-electron chi connectivity index (χ1n) is 7.90. The number of methoxy groups -OCH3 is 1. The van der Waals surface area contributed by atoms with Gasteiger partial charge in [0.25, 0.3) is 11.6 Å². The quantitative estimate of drug-likeness (QED) is 0.778. The molecule has 1 saturated heterocycles. The first-order chi connectivity index (χ1) is 11.2. The molecule has 134 valence electrons. The topological polar surface area (TPSA) is 91.1 Å². The van der Waals surface area contributed by atoms with Crippen molar-refractivity contribution in [3.05, 3.63) is 11.3 Å². The van der Waals surface area contributed by atoms with Gasteiger partial charge in [0.1, 0.15) is 12.2 Å². The third-order valence-electron chi connectivity index (χ3n) is 3.67. The van der Waals surface area contributed by atoms with Crippen molar-refractivity contribution in [1.29, 1.82) is 0 Å². The summed E-state index contributed by atoms with van der Waals surface area (Å²) in [4.78, 5) is 25.4.